The fourth-order valence-corrected chi connectivity index (χ4v) is 1.60. The van der Waals surface area contributed by atoms with Crippen molar-refractivity contribution in [1.82, 2.24) is 9.97 Å². The molecule has 1 heterocycles. The molecular formula is C12H18N4O2. The van der Waals surface area contributed by atoms with Gasteiger partial charge in [0.1, 0.15) is 24.0 Å². The minimum absolute atomic E-state index is 0.176. The average Bonchev–Trinajstić information content (AvgIpc) is 3.11. The quantitative estimate of drug-likeness (QED) is 0.785. The maximum atomic E-state index is 11.2. The van der Waals surface area contributed by atoms with Crippen LogP contribution in [0.3, 0.4) is 0 Å². The summed E-state index contributed by atoms with van der Waals surface area (Å²) < 4.78 is 4.64. The van der Waals surface area contributed by atoms with Crippen molar-refractivity contribution in [3.8, 4) is 0 Å². The van der Waals surface area contributed by atoms with Crippen LogP contribution in [0.15, 0.2) is 6.07 Å². The summed E-state index contributed by atoms with van der Waals surface area (Å²) in [5.74, 6) is 1.94. The van der Waals surface area contributed by atoms with Crippen molar-refractivity contribution in [3.63, 3.8) is 0 Å². The average molecular weight is 250 g/mol. The summed E-state index contributed by atoms with van der Waals surface area (Å²) in [4.78, 5) is 21.6. The first-order valence-corrected chi connectivity index (χ1v) is 5.98. The van der Waals surface area contributed by atoms with Crippen LogP contribution in [0.4, 0.5) is 11.6 Å². The van der Waals surface area contributed by atoms with E-state index >= 15 is 0 Å². The molecular weight excluding hydrogens is 232 g/mol. The van der Waals surface area contributed by atoms with E-state index in [4.69, 9.17) is 0 Å². The normalized spacial score (nSPS) is 14.2. The number of carbonyl (C=O) groups is 1. The molecule has 0 aliphatic heterocycles. The third-order valence-electron chi connectivity index (χ3n) is 2.74. The van der Waals surface area contributed by atoms with Gasteiger partial charge in [0.05, 0.1) is 7.11 Å². The highest BCUT2D eigenvalue weighted by atomic mass is 16.5. The van der Waals surface area contributed by atoms with Crippen molar-refractivity contribution in [2.24, 2.45) is 0 Å². The van der Waals surface area contributed by atoms with Crippen molar-refractivity contribution in [3.05, 3.63) is 11.9 Å². The van der Waals surface area contributed by atoms with Gasteiger partial charge in [0.2, 0.25) is 0 Å². The van der Waals surface area contributed by atoms with Crippen molar-refractivity contribution in [2.45, 2.75) is 25.8 Å². The molecule has 2 rings (SSSR count). The van der Waals surface area contributed by atoms with E-state index in [9.17, 15) is 4.79 Å². The molecule has 6 nitrogen and oxygen atoms in total. The SMILES string of the molecule is COC(=O)CN(C)c1cc(NC2CC2)nc(C)n1. The van der Waals surface area contributed by atoms with Crippen LogP contribution in [0.2, 0.25) is 0 Å². The number of aryl methyl sites for hydroxylation is 1. The van der Waals surface area contributed by atoms with Gasteiger partial charge in [0, 0.05) is 19.2 Å². The van der Waals surface area contributed by atoms with Gasteiger partial charge in [-0.3, -0.25) is 4.79 Å². The second-order valence-corrected chi connectivity index (χ2v) is 4.51. The Balaban J connectivity index is 2.10. The number of nitrogens with one attached hydrogen (secondary N) is 1. The number of nitrogens with zero attached hydrogens (tertiary/aromatic N) is 3. The zero-order chi connectivity index (χ0) is 13.1. The van der Waals surface area contributed by atoms with Crippen LogP contribution in [-0.2, 0) is 9.53 Å². The highest BCUT2D eigenvalue weighted by Crippen LogP contribution is 2.25. The van der Waals surface area contributed by atoms with E-state index in [1.54, 1.807) is 11.9 Å². The summed E-state index contributed by atoms with van der Waals surface area (Å²) in [6.45, 7) is 2.02. The maximum Gasteiger partial charge on any atom is 0.325 e. The molecule has 0 aromatic carbocycles. The highest BCUT2D eigenvalue weighted by Gasteiger charge is 2.22. The minimum Gasteiger partial charge on any atom is -0.468 e. The summed E-state index contributed by atoms with van der Waals surface area (Å²) in [5, 5.41) is 3.33. The van der Waals surface area contributed by atoms with Crippen LogP contribution in [0.5, 0.6) is 0 Å². The van der Waals surface area contributed by atoms with Gasteiger partial charge in [-0.2, -0.15) is 0 Å². The number of likely N-dealkylation sites (N-methyl/N-ethyl adjacent to an activating group) is 1. The molecule has 1 aromatic rings. The number of carbonyl (C=O) groups excluding carboxylic acids is 1. The molecule has 0 atom stereocenters. The molecule has 98 valence electrons. The zero-order valence-electron chi connectivity index (χ0n) is 10.9. The van der Waals surface area contributed by atoms with Crippen LogP contribution >= 0.6 is 0 Å². The summed E-state index contributed by atoms with van der Waals surface area (Å²) in [6, 6.07) is 2.40. The summed E-state index contributed by atoms with van der Waals surface area (Å²) in [5.41, 5.74) is 0. The first kappa shape index (κ1) is 12.6. The third-order valence-corrected chi connectivity index (χ3v) is 2.74. The van der Waals surface area contributed by atoms with Crippen molar-refractivity contribution in [2.75, 3.05) is 30.9 Å². The van der Waals surface area contributed by atoms with Crippen molar-refractivity contribution >= 4 is 17.6 Å². The summed E-state index contributed by atoms with van der Waals surface area (Å²) in [6.07, 6.45) is 2.38. The second-order valence-electron chi connectivity index (χ2n) is 4.51. The molecule has 0 amide bonds. The Morgan fingerprint density at radius 3 is 2.89 bits per heavy atom. The first-order chi connectivity index (χ1) is 8.58. The Morgan fingerprint density at radius 1 is 1.56 bits per heavy atom. The molecule has 0 spiro atoms. The van der Waals surface area contributed by atoms with Gasteiger partial charge in [0.15, 0.2) is 0 Å². The minimum atomic E-state index is -0.287. The number of anilines is 2. The third kappa shape index (κ3) is 3.32. The van der Waals surface area contributed by atoms with E-state index in [-0.39, 0.29) is 12.5 Å². The maximum absolute atomic E-state index is 11.2. The molecule has 1 aromatic heterocycles. The Labute approximate surface area is 106 Å². The number of methoxy groups -OCH3 is 1. The fourth-order valence-electron chi connectivity index (χ4n) is 1.60. The Kier molecular flexibility index (Phi) is 3.64. The Bertz CT molecular complexity index is 446. The van der Waals surface area contributed by atoms with Gasteiger partial charge >= 0.3 is 5.97 Å². The number of aromatic nitrogens is 2. The molecule has 1 aliphatic rings. The highest BCUT2D eigenvalue weighted by molar-refractivity contribution is 5.75. The van der Waals surface area contributed by atoms with Gasteiger partial charge in [-0.15, -0.1) is 0 Å². The largest absolute Gasteiger partial charge is 0.468 e. The lowest BCUT2D eigenvalue weighted by Crippen LogP contribution is -2.27. The number of ether oxygens (including phenoxy) is 1. The van der Waals surface area contributed by atoms with E-state index in [0.717, 1.165) is 11.6 Å². The van der Waals surface area contributed by atoms with Gasteiger partial charge in [0.25, 0.3) is 0 Å². The molecule has 1 N–H and O–H groups in total. The van der Waals surface area contributed by atoms with Crippen LogP contribution < -0.4 is 10.2 Å². The van der Waals surface area contributed by atoms with Gasteiger partial charge in [-0.1, -0.05) is 0 Å². The van der Waals surface area contributed by atoms with E-state index in [1.807, 2.05) is 13.0 Å². The lowest BCUT2D eigenvalue weighted by molar-refractivity contribution is -0.138. The van der Waals surface area contributed by atoms with Gasteiger partial charge in [-0.05, 0) is 19.8 Å². The second kappa shape index (κ2) is 5.20. The van der Waals surface area contributed by atoms with E-state index < -0.39 is 0 Å². The smallest absolute Gasteiger partial charge is 0.325 e. The van der Waals surface area contributed by atoms with Crippen LogP contribution in [-0.4, -0.2) is 42.7 Å². The molecule has 6 heteroatoms. The van der Waals surface area contributed by atoms with Crippen LogP contribution in [0.25, 0.3) is 0 Å². The molecule has 18 heavy (non-hydrogen) atoms. The lowest BCUT2D eigenvalue weighted by Gasteiger charge is -2.17. The van der Waals surface area contributed by atoms with Crippen molar-refractivity contribution < 1.29 is 9.53 Å². The number of rotatable bonds is 5. The zero-order valence-corrected chi connectivity index (χ0v) is 10.9. The molecule has 0 radical (unpaired) electrons. The summed E-state index contributed by atoms with van der Waals surface area (Å²) in [7, 11) is 3.18. The van der Waals surface area contributed by atoms with Gasteiger partial charge < -0.3 is 15.0 Å². The molecule has 1 saturated carbocycles. The van der Waals surface area contributed by atoms with Crippen molar-refractivity contribution in [1.29, 1.82) is 0 Å². The molecule has 0 unspecified atom stereocenters. The number of esters is 1. The Hall–Kier alpha value is -1.85. The monoisotopic (exact) mass is 250 g/mol. The molecule has 1 fully saturated rings. The molecule has 1 aliphatic carbocycles. The molecule has 0 bridgehead atoms. The van der Waals surface area contributed by atoms with Crippen LogP contribution in [0, 0.1) is 6.92 Å². The Morgan fingerprint density at radius 2 is 2.28 bits per heavy atom. The standard InChI is InChI=1S/C12H18N4O2/c1-8-13-10(15-9-4-5-9)6-11(14-8)16(2)7-12(17)18-3/h6,9H,4-5,7H2,1-3H3,(H,13,14,15). The topological polar surface area (TPSA) is 67.3 Å². The number of hydrogen-bond donors (Lipinski definition) is 1. The predicted molar refractivity (Wildman–Crippen MR) is 68.7 cm³/mol. The van der Waals surface area contributed by atoms with E-state index in [0.29, 0.717) is 11.9 Å². The lowest BCUT2D eigenvalue weighted by atomic mass is 10.4. The first-order valence-electron chi connectivity index (χ1n) is 5.98. The molecule has 0 saturated heterocycles. The van der Waals surface area contributed by atoms with Gasteiger partial charge in [-0.25, -0.2) is 9.97 Å². The summed E-state index contributed by atoms with van der Waals surface area (Å²) >= 11 is 0. The number of hydrogen-bond acceptors (Lipinski definition) is 6. The predicted octanol–water partition coefficient (Wildman–Crippen LogP) is 0.969. The van der Waals surface area contributed by atoms with E-state index in [1.165, 1.54) is 20.0 Å². The van der Waals surface area contributed by atoms with Crippen LogP contribution in [0.1, 0.15) is 18.7 Å². The van der Waals surface area contributed by atoms with E-state index in [2.05, 4.69) is 20.0 Å². The fraction of sp³-hybridized carbons (Fsp3) is 0.583.